The minimum atomic E-state index is -0.886. The fourth-order valence-corrected chi connectivity index (χ4v) is 2.88. The highest BCUT2D eigenvalue weighted by Gasteiger charge is 2.31. The molecule has 2 aromatic rings. The molecule has 0 amide bonds. The first-order valence-electron chi connectivity index (χ1n) is 4.83. The van der Waals surface area contributed by atoms with Gasteiger partial charge in [-0.2, -0.15) is 0 Å². The third-order valence-electron chi connectivity index (χ3n) is 2.74. The highest BCUT2D eigenvalue weighted by Crippen LogP contribution is 2.36. The van der Waals surface area contributed by atoms with Crippen LogP contribution in [0.2, 0.25) is 5.02 Å². The number of fused-ring (bicyclic) bond motifs is 1. The van der Waals surface area contributed by atoms with Gasteiger partial charge in [0.2, 0.25) is 0 Å². The number of hydrogen-bond acceptors (Lipinski definition) is 2. The Kier molecular flexibility index (Phi) is 2.68. The van der Waals surface area contributed by atoms with Gasteiger partial charge in [0.25, 0.3) is 0 Å². The summed E-state index contributed by atoms with van der Waals surface area (Å²) in [6.07, 6.45) is 0. The van der Waals surface area contributed by atoms with E-state index in [-0.39, 0.29) is 0 Å². The van der Waals surface area contributed by atoms with Crippen LogP contribution in [-0.2, 0) is 10.2 Å². The molecular weight excluding hydrogens is 244 g/mol. The zero-order valence-corrected chi connectivity index (χ0v) is 10.5. The number of carbonyl (C=O) groups is 1. The van der Waals surface area contributed by atoms with Crippen molar-refractivity contribution in [3.05, 3.63) is 34.2 Å². The second-order valence-electron chi connectivity index (χ2n) is 4.22. The Labute approximate surface area is 102 Å². The number of aliphatic carboxylic acids is 1. The van der Waals surface area contributed by atoms with Gasteiger partial charge in [-0.25, -0.2) is 0 Å². The summed E-state index contributed by atoms with van der Waals surface area (Å²) < 4.78 is 1.06. The average molecular weight is 255 g/mol. The first-order valence-corrected chi connectivity index (χ1v) is 6.09. The number of hydrogen-bond donors (Lipinski definition) is 1. The Morgan fingerprint density at radius 2 is 2.12 bits per heavy atom. The smallest absolute Gasteiger partial charge is 0.313 e. The first-order chi connectivity index (χ1) is 7.43. The number of rotatable bonds is 2. The van der Waals surface area contributed by atoms with Crippen LogP contribution in [0.5, 0.6) is 0 Å². The highest BCUT2D eigenvalue weighted by atomic mass is 35.5. The predicted molar refractivity (Wildman–Crippen MR) is 67.5 cm³/mol. The minimum absolute atomic E-state index is 0.633. The van der Waals surface area contributed by atoms with Crippen LogP contribution in [0.3, 0.4) is 0 Å². The molecule has 1 N–H and O–H groups in total. The minimum Gasteiger partial charge on any atom is -0.481 e. The molecule has 84 valence electrons. The molecule has 0 radical (unpaired) electrons. The summed E-state index contributed by atoms with van der Waals surface area (Å²) in [6, 6.07) is 5.56. The van der Waals surface area contributed by atoms with Crippen molar-refractivity contribution >= 4 is 39.0 Å². The molecule has 0 bridgehead atoms. The van der Waals surface area contributed by atoms with E-state index in [1.165, 1.54) is 0 Å². The lowest BCUT2D eigenvalue weighted by atomic mass is 9.85. The van der Waals surface area contributed by atoms with Crippen LogP contribution in [0, 0.1) is 0 Å². The molecule has 0 spiro atoms. The second kappa shape index (κ2) is 3.75. The van der Waals surface area contributed by atoms with E-state index in [9.17, 15) is 9.90 Å². The summed E-state index contributed by atoms with van der Waals surface area (Å²) in [4.78, 5) is 11.2. The maximum absolute atomic E-state index is 11.2. The zero-order chi connectivity index (χ0) is 11.9. The van der Waals surface area contributed by atoms with Crippen LogP contribution < -0.4 is 0 Å². The quantitative estimate of drug-likeness (QED) is 0.882. The Bertz CT molecular complexity index is 557. The lowest BCUT2D eigenvalue weighted by Crippen LogP contribution is -2.28. The fourth-order valence-electron chi connectivity index (χ4n) is 1.60. The molecule has 1 aromatic heterocycles. The van der Waals surface area contributed by atoms with E-state index in [1.54, 1.807) is 25.2 Å². The molecule has 1 aromatic carbocycles. The molecule has 0 saturated carbocycles. The van der Waals surface area contributed by atoms with Crippen LogP contribution in [-0.4, -0.2) is 11.1 Å². The third-order valence-corrected chi connectivity index (χ3v) is 3.94. The Morgan fingerprint density at radius 3 is 2.75 bits per heavy atom. The second-order valence-corrected chi connectivity index (χ2v) is 5.57. The summed E-state index contributed by atoms with van der Waals surface area (Å²) >= 11 is 7.48. The molecule has 1 heterocycles. The van der Waals surface area contributed by atoms with Crippen LogP contribution >= 0.6 is 22.9 Å². The largest absolute Gasteiger partial charge is 0.481 e. The molecule has 2 nitrogen and oxygen atoms in total. The van der Waals surface area contributed by atoms with Gasteiger partial charge in [0, 0.05) is 9.72 Å². The van der Waals surface area contributed by atoms with Gasteiger partial charge in [-0.3, -0.25) is 4.79 Å². The molecule has 0 aliphatic heterocycles. The van der Waals surface area contributed by atoms with E-state index < -0.39 is 11.4 Å². The van der Waals surface area contributed by atoms with Crippen molar-refractivity contribution in [2.75, 3.05) is 0 Å². The molecule has 0 unspecified atom stereocenters. The molecule has 4 heteroatoms. The van der Waals surface area contributed by atoms with E-state index in [2.05, 4.69) is 0 Å². The van der Waals surface area contributed by atoms with Gasteiger partial charge in [0.05, 0.1) is 5.41 Å². The Hall–Kier alpha value is -1.06. The molecule has 0 saturated heterocycles. The van der Waals surface area contributed by atoms with E-state index in [4.69, 9.17) is 11.6 Å². The van der Waals surface area contributed by atoms with Crippen LogP contribution in [0.25, 0.3) is 10.1 Å². The van der Waals surface area contributed by atoms with Crippen molar-refractivity contribution < 1.29 is 9.90 Å². The number of thiophene rings is 1. The van der Waals surface area contributed by atoms with Gasteiger partial charge in [0.15, 0.2) is 0 Å². The number of benzene rings is 1. The maximum atomic E-state index is 11.2. The molecular formula is C12H11ClO2S. The molecule has 0 aliphatic rings. The van der Waals surface area contributed by atoms with Crippen molar-refractivity contribution in [1.82, 2.24) is 0 Å². The van der Waals surface area contributed by atoms with Gasteiger partial charge in [-0.15, -0.1) is 11.3 Å². The van der Waals surface area contributed by atoms with Crippen molar-refractivity contribution in [1.29, 1.82) is 0 Å². The van der Waals surface area contributed by atoms with Gasteiger partial charge < -0.3 is 5.11 Å². The normalized spacial score (nSPS) is 11.9. The van der Waals surface area contributed by atoms with E-state index in [0.717, 1.165) is 15.6 Å². The Balaban J connectivity index is 2.70. The molecule has 0 atom stereocenters. The number of halogens is 1. The zero-order valence-electron chi connectivity index (χ0n) is 8.95. The molecule has 0 aliphatic carbocycles. The van der Waals surface area contributed by atoms with Gasteiger partial charge in [-0.05, 0) is 48.4 Å². The van der Waals surface area contributed by atoms with Crippen molar-refractivity contribution in [2.24, 2.45) is 0 Å². The first kappa shape index (κ1) is 11.4. The summed E-state index contributed by atoms with van der Waals surface area (Å²) in [6.45, 7) is 3.41. The molecule has 2 rings (SSSR count). The monoisotopic (exact) mass is 254 g/mol. The molecule has 0 fully saturated rings. The summed E-state index contributed by atoms with van der Waals surface area (Å²) in [5.41, 5.74) is -0.0642. The van der Waals surface area contributed by atoms with Crippen LogP contribution in [0.1, 0.15) is 19.4 Å². The van der Waals surface area contributed by atoms with E-state index in [1.807, 2.05) is 23.6 Å². The predicted octanol–water partition coefficient (Wildman–Crippen LogP) is 3.92. The average Bonchev–Trinajstić information content (AvgIpc) is 2.60. The standard InChI is InChI=1S/C12H11ClO2S/c1-12(2,11(14)15)9-6-16-10-4-3-7(13)5-8(9)10/h3-6H,1-2H3,(H,14,15). The van der Waals surface area contributed by atoms with Crippen molar-refractivity contribution in [2.45, 2.75) is 19.3 Å². The molecule has 16 heavy (non-hydrogen) atoms. The lowest BCUT2D eigenvalue weighted by molar-refractivity contribution is -0.142. The SMILES string of the molecule is CC(C)(C(=O)O)c1csc2ccc(Cl)cc12. The van der Waals surface area contributed by atoms with E-state index in [0.29, 0.717) is 5.02 Å². The van der Waals surface area contributed by atoms with Crippen LogP contribution in [0.15, 0.2) is 23.6 Å². The van der Waals surface area contributed by atoms with Crippen LogP contribution in [0.4, 0.5) is 0 Å². The summed E-state index contributed by atoms with van der Waals surface area (Å²) in [5.74, 6) is -0.827. The van der Waals surface area contributed by atoms with Gasteiger partial charge in [0.1, 0.15) is 0 Å². The van der Waals surface area contributed by atoms with Crippen molar-refractivity contribution in [3.63, 3.8) is 0 Å². The number of carboxylic acids is 1. The van der Waals surface area contributed by atoms with Gasteiger partial charge in [-0.1, -0.05) is 11.6 Å². The van der Waals surface area contributed by atoms with Crippen molar-refractivity contribution in [3.8, 4) is 0 Å². The summed E-state index contributed by atoms with van der Waals surface area (Å²) in [7, 11) is 0. The van der Waals surface area contributed by atoms with E-state index >= 15 is 0 Å². The maximum Gasteiger partial charge on any atom is 0.313 e. The lowest BCUT2D eigenvalue weighted by Gasteiger charge is -2.18. The summed E-state index contributed by atoms with van der Waals surface area (Å²) in [5, 5.41) is 12.7. The number of carboxylic acid groups (broad SMARTS) is 1. The topological polar surface area (TPSA) is 37.3 Å². The third kappa shape index (κ3) is 1.70. The fraction of sp³-hybridized carbons (Fsp3) is 0.250. The Morgan fingerprint density at radius 1 is 1.44 bits per heavy atom. The van der Waals surface area contributed by atoms with Gasteiger partial charge >= 0.3 is 5.97 Å². The highest BCUT2D eigenvalue weighted by molar-refractivity contribution is 7.17.